The Labute approximate surface area is 135 Å². The van der Waals surface area contributed by atoms with Crippen LogP contribution in [0.25, 0.3) is 11.4 Å². The molecule has 0 amide bonds. The molecule has 0 aromatic carbocycles. The van der Waals surface area contributed by atoms with E-state index in [1.54, 1.807) is 0 Å². The number of H-pyrrole nitrogens is 1. The Morgan fingerprint density at radius 2 is 2.26 bits per heavy atom. The van der Waals surface area contributed by atoms with Crippen LogP contribution in [-0.4, -0.2) is 40.9 Å². The molecule has 0 spiro atoms. The number of nitrogens with one attached hydrogen (secondary N) is 2. The van der Waals surface area contributed by atoms with Crippen molar-refractivity contribution in [2.75, 3.05) is 24.5 Å². The minimum absolute atomic E-state index is 0.0545. The van der Waals surface area contributed by atoms with Crippen LogP contribution < -0.4 is 15.8 Å². The molecular formula is C14H14ClF2N5O. The van der Waals surface area contributed by atoms with Gasteiger partial charge in [0.05, 0.1) is 0 Å². The molecule has 0 radical (unpaired) electrons. The highest BCUT2D eigenvalue weighted by Crippen LogP contribution is 2.26. The van der Waals surface area contributed by atoms with Crippen LogP contribution >= 0.6 is 11.6 Å². The van der Waals surface area contributed by atoms with Crippen LogP contribution in [0.5, 0.6) is 0 Å². The summed E-state index contributed by atoms with van der Waals surface area (Å²) >= 11 is 6.01. The maximum Gasteiger partial charge on any atom is 0.272 e. The van der Waals surface area contributed by atoms with Gasteiger partial charge in [0.1, 0.15) is 10.8 Å². The van der Waals surface area contributed by atoms with Crippen LogP contribution in [0, 0.1) is 5.95 Å². The number of nitrogens with zero attached hydrogens (tertiary/aromatic N) is 3. The highest BCUT2D eigenvalue weighted by atomic mass is 35.5. The number of aromatic nitrogens is 3. The summed E-state index contributed by atoms with van der Waals surface area (Å²) in [6.45, 7) is 1.15. The Bertz CT molecular complexity index is 769. The number of anilines is 1. The first-order chi connectivity index (χ1) is 11.1. The van der Waals surface area contributed by atoms with Crippen LogP contribution in [0.4, 0.5) is 14.6 Å². The first kappa shape index (κ1) is 15.8. The summed E-state index contributed by atoms with van der Waals surface area (Å²) in [5, 5.41) is 2.77. The van der Waals surface area contributed by atoms with Gasteiger partial charge in [0.25, 0.3) is 5.56 Å². The lowest BCUT2D eigenvalue weighted by Crippen LogP contribution is -2.38. The Morgan fingerprint density at radius 1 is 1.43 bits per heavy atom. The van der Waals surface area contributed by atoms with E-state index in [1.165, 1.54) is 17.2 Å². The highest BCUT2D eigenvalue weighted by molar-refractivity contribution is 6.32. The summed E-state index contributed by atoms with van der Waals surface area (Å²) in [6.07, 6.45) is 0.586. The largest absolute Gasteiger partial charge is 0.324 e. The van der Waals surface area contributed by atoms with Gasteiger partial charge in [0.2, 0.25) is 5.95 Å². The third-order valence-electron chi connectivity index (χ3n) is 3.52. The Morgan fingerprint density at radius 3 is 3.04 bits per heavy atom. The fourth-order valence-electron chi connectivity index (χ4n) is 2.41. The lowest BCUT2D eigenvalue weighted by molar-refractivity contribution is 0.320. The van der Waals surface area contributed by atoms with Gasteiger partial charge in [-0.25, -0.2) is 14.4 Å². The van der Waals surface area contributed by atoms with E-state index in [-0.39, 0.29) is 23.2 Å². The van der Waals surface area contributed by atoms with Crippen LogP contribution in [0.15, 0.2) is 23.1 Å². The molecule has 1 unspecified atom stereocenters. The van der Waals surface area contributed by atoms with E-state index in [9.17, 15) is 13.6 Å². The summed E-state index contributed by atoms with van der Waals surface area (Å²) < 4.78 is 27.6. The predicted octanol–water partition coefficient (Wildman–Crippen LogP) is 1.72. The van der Waals surface area contributed by atoms with Gasteiger partial charge < -0.3 is 15.2 Å². The Hall–Kier alpha value is -2.06. The summed E-state index contributed by atoms with van der Waals surface area (Å²) in [6, 6.07) is 2.63. The van der Waals surface area contributed by atoms with Gasteiger partial charge in [0, 0.05) is 30.9 Å². The van der Waals surface area contributed by atoms with Gasteiger partial charge in [-0.15, -0.1) is 0 Å². The molecule has 1 saturated heterocycles. The normalized spacial score (nSPS) is 18.7. The fourth-order valence-corrected chi connectivity index (χ4v) is 2.61. The van der Waals surface area contributed by atoms with Crippen molar-refractivity contribution in [1.29, 1.82) is 0 Å². The smallest absolute Gasteiger partial charge is 0.272 e. The summed E-state index contributed by atoms with van der Waals surface area (Å²) in [5.74, 6) is -0.539. The SMILES string of the molecule is O=c1[nH]c(-c2ccnc(F)c2)nc(N2CCCNCC2F)c1Cl. The maximum atomic E-state index is 14.3. The van der Waals surface area contributed by atoms with E-state index in [4.69, 9.17) is 11.6 Å². The first-order valence-electron chi connectivity index (χ1n) is 7.09. The molecule has 23 heavy (non-hydrogen) atoms. The predicted molar refractivity (Wildman–Crippen MR) is 82.8 cm³/mol. The molecule has 6 nitrogen and oxygen atoms in total. The zero-order valence-electron chi connectivity index (χ0n) is 12.0. The van der Waals surface area contributed by atoms with Crippen LogP contribution in [0.3, 0.4) is 0 Å². The minimum Gasteiger partial charge on any atom is -0.324 e. The third kappa shape index (κ3) is 3.32. The summed E-state index contributed by atoms with van der Waals surface area (Å²) in [7, 11) is 0. The van der Waals surface area contributed by atoms with Gasteiger partial charge in [-0.1, -0.05) is 11.6 Å². The zero-order valence-corrected chi connectivity index (χ0v) is 12.8. The molecule has 3 heterocycles. The molecular weight excluding hydrogens is 328 g/mol. The van der Waals surface area contributed by atoms with Crippen molar-refractivity contribution in [3.63, 3.8) is 0 Å². The van der Waals surface area contributed by atoms with E-state index in [1.807, 2.05) is 0 Å². The molecule has 122 valence electrons. The molecule has 0 bridgehead atoms. The Balaban J connectivity index is 2.08. The van der Waals surface area contributed by atoms with E-state index < -0.39 is 17.8 Å². The average Bonchev–Trinajstić information content (AvgIpc) is 2.74. The lowest BCUT2D eigenvalue weighted by atomic mass is 10.2. The standard InChI is InChI=1S/C14H14ClF2N5O/c15-11-13(22-5-1-3-18-7-10(22)17)20-12(21-14(11)23)8-2-4-19-9(16)6-8/h2,4,6,10,18H,1,3,5,7H2,(H,20,21,23). The number of alkyl halides is 1. The second kappa shape index (κ2) is 6.59. The molecule has 1 fully saturated rings. The van der Waals surface area contributed by atoms with Gasteiger partial charge in [-0.3, -0.25) is 4.79 Å². The average molecular weight is 342 g/mol. The number of aromatic amines is 1. The molecule has 9 heteroatoms. The van der Waals surface area contributed by atoms with Crippen molar-refractivity contribution in [1.82, 2.24) is 20.3 Å². The van der Waals surface area contributed by atoms with Gasteiger partial charge >= 0.3 is 0 Å². The number of rotatable bonds is 2. The second-order valence-electron chi connectivity index (χ2n) is 5.10. The fraction of sp³-hybridized carbons (Fsp3) is 0.357. The molecule has 2 aromatic rings. The van der Waals surface area contributed by atoms with Crippen molar-refractivity contribution < 1.29 is 8.78 Å². The van der Waals surface area contributed by atoms with Crippen molar-refractivity contribution in [2.24, 2.45) is 0 Å². The molecule has 1 atom stereocenters. The third-order valence-corrected chi connectivity index (χ3v) is 3.86. The second-order valence-corrected chi connectivity index (χ2v) is 5.48. The number of hydrogen-bond acceptors (Lipinski definition) is 5. The van der Waals surface area contributed by atoms with Gasteiger partial charge in [-0.05, 0) is 19.0 Å². The van der Waals surface area contributed by atoms with Gasteiger partial charge in [-0.2, -0.15) is 4.39 Å². The molecule has 3 rings (SSSR count). The zero-order chi connectivity index (χ0) is 16.4. The van der Waals surface area contributed by atoms with Crippen molar-refractivity contribution >= 4 is 17.4 Å². The summed E-state index contributed by atoms with van der Waals surface area (Å²) in [4.78, 5) is 23.6. The Kier molecular flexibility index (Phi) is 4.53. The molecule has 1 aliphatic rings. The highest BCUT2D eigenvalue weighted by Gasteiger charge is 2.25. The van der Waals surface area contributed by atoms with Crippen LogP contribution in [0.1, 0.15) is 6.42 Å². The summed E-state index contributed by atoms with van der Waals surface area (Å²) in [5.41, 5.74) is -0.274. The molecule has 2 aromatic heterocycles. The van der Waals surface area contributed by atoms with Crippen molar-refractivity contribution in [3.8, 4) is 11.4 Å². The van der Waals surface area contributed by atoms with Crippen molar-refractivity contribution in [2.45, 2.75) is 12.7 Å². The number of hydrogen-bond donors (Lipinski definition) is 2. The van der Waals surface area contributed by atoms with Crippen LogP contribution in [-0.2, 0) is 0 Å². The number of pyridine rings is 1. The molecule has 1 aliphatic heterocycles. The topological polar surface area (TPSA) is 73.9 Å². The van der Waals surface area contributed by atoms with Gasteiger partial charge in [0.15, 0.2) is 12.1 Å². The maximum absolute atomic E-state index is 14.3. The quantitative estimate of drug-likeness (QED) is 0.642. The number of halogens is 3. The lowest BCUT2D eigenvalue weighted by Gasteiger charge is -2.25. The van der Waals surface area contributed by atoms with E-state index >= 15 is 0 Å². The monoisotopic (exact) mass is 341 g/mol. The van der Waals surface area contributed by atoms with Crippen LogP contribution in [0.2, 0.25) is 5.02 Å². The van der Waals surface area contributed by atoms with E-state index in [2.05, 4.69) is 20.3 Å². The minimum atomic E-state index is -1.36. The molecule has 0 saturated carbocycles. The molecule has 2 N–H and O–H groups in total. The first-order valence-corrected chi connectivity index (χ1v) is 7.47. The van der Waals surface area contributed by atoms with E-state index in [0.29, 0.717) is 25.1 Å². The van der Waals surface area contributed by atoms with E-state index in [0.717, 1.165) is 6.07 Å². The van der Waals surface area contributed by atoms with Crippen molar-refractivity contribution in [3.05, 3.63) is 39.7 Å². The molecule has 0 aliphatic carbocycles.